The fraction of sp³-hybridized carbons (Fsp3) is 0.250. The number of aromatic nitrogens is 3. The average molecular weight is 540 g/mol. The van der Waals surface area contributed by atoms with Gasteiger partial charge in [-0.15, -0.1) is 0 Å². The van der Waals surface area contributed by atoms with Crippen LogP contribution in [0.3, 0.4) is 0 Å². The molecular formula is C32H34FN5S. The Morgan fingerprint density at radius 2 is 2.05 bits per heavy atom. The van der Waals surface area contributed by atoms with Gasteiger partial charge in [0.25, 0.3) is 0 Å². The second-order valence-corrected chi connectivity index (χ2v) is 10.9. The minimum atomic E-state index is -0.365. The van der Waals surface area contributed by atoms with E-state index < -0.39 is 0 Å². The summed E-state index contributed by atoms with van der Waals surface area (Å²) in [5.74, 6) is 0.744. The predicted molar refractivity (Wildman–Crippen MR) is 161 cm³/mol. The van der Waals surface area contributed by atoms with Gasteiger partial charge in [-0.2, -0.15) is 11.3 Å². The number of aryl methyl sites for hydroxylation is 1. The summed E-state index contributed by atoms with van der Waals surface area (Å²) in [6.07, 6.45) is 13.4. The van der Waals surface area contributed by atoms with Gasteiger partial charge in [0.1, 0.15) is 11.6 Å². The minimum Gasteiger partial charge on any atom is -0.398 e. The van der Waals surface area contributed by atoms with E-state index in [1.807, 2.05) is 24.4 Å². The highest BCUT2D eigenvalue weighted by molar-refractivity contribution is 7.08. The standard InChI is InChI=1S/C32H34FN5S/c1-4-8-27(23-13-14-39-19-23)32-21(3)37-30(38-32)16-28-29(34)12-11-26(31(28)33)24-15-25(18-35-17-24)36-20(2)22-9-6-5-7-10-22/h4,8,11-15,17-19,22,36H,1-2,5-7,9-10,16,34H2,3H3,(H,37,38)/b27-8-. The van der Waals surface area contributed by atoms with Crippen LogP contribution >= 0.6 is 11.3 Å². The first kappa shape index (κ1) is 26.6. The Labute approximate surface area is 233 Å². The van der Waals surface area contributed by atoms with Crippen LogP contribution in [0.5, 0.6) is 0 Å². The number of benzene rings is 1. The Morgan fingerprint density at radius 3 is 2.79 bits per heavy atom. The van der Waals surface area contributed by atoms with Crippen LogP contribution in [0.1, 0.15) is 60.4 Å². The largest absolute Gasteiger partial charge is 0.398 e. The highest BCUT2D eigenvalue weighted by Crippen LogP contribution is 2.33. The van der Waals surface area contributed by atoms with E-state index in [4.69, 9.17) is 10.7 Å². The molecule has 39 heavy (non-hydrogen) atoms. The summed E-state index contributed by atoms with van der Waals surface area (Å²) < 4.78 is 16.0. The first-order valence-corrected chi connectivity index (χ1v) is 14.3. The van der Waals surface area contributed by atoms with Crippen molar-refractivity contribution in [2.45, 2.75) is 45.4 Å². The van der Waals surface area contributed by atoms with E-state index in [1.165, 1.54) is 19.3 Å². The molecule has 0 radical (unpaired) electrons. The Hall–Kier alpha value is -3.97. The fourth-order valence-corrected chi connectivity index (χ4v) is 5.97. The topological polar surface area (TPSA) is 79.6 Å². The molecular weight excluding hydrogens is 505 g/mol. The zero-order valence-corrected chi connectivity index (χ0v) is 23.1. The molecule has 0 spiro atoms. The molecule has 5 rings (SSSR count). The molecule has 4 N–H and O–H groups in total. The number of thiophene rings is 1. The summed E-state index contributed by atoms with van der Waals surface area (Å²) in [6, 6.07) is 7.43. The van der Waals surface area contributed by atoms with E-state index in [9.17, 15) is 0 Å². The SMILES string of the molecule is C=C/C=C(/c1ccsc1)c1nc(Cc2c(N)ccc(-c3cncc(NC(=C)C4CCCCC4)c3)c2F)[nH]c1C. The number of halogens is 1. The van der Waals surface area contributed by atoms with Gasteiger partial charge in [0.05, 0.1) is 17.6 Å². The number of hydrogen-bond donors (Lipinski definition) is 3. The van der Waals surface area contributed by atoms with E-state index >= 15 is 4.39 Å². The summed E-state index contributed by atoms with van der Waals surface area (Å²) in [4.78, 5) is 12.5. The third kappa shape index (κ3) is 5.88. The van der Waals surface area contributed by atoms with Crippen LogP contribution in [0.2, 0.25) is 0 Å². The lowest BCUT2D eigenvalue weighted by Crippen LogP contribution is -2.14. The number of H-pyrrole nitrogens is 1. The maximum absolute atomic E-state index is 16.0. The third-order valence-corrected chi connectivity index (χ3v) is 8.06. The van der Waals surface area contributed by atoms with Gasteiger partial charge in [0, 0.05) is 52.0 Å². The Bertz CT molecular complexity index is 1510. The molecule has 0 bridgehead atoms. The molecule has 200 valence electrons. The van der Waals surface area contributed by atoms with Crippen molar-refractivity contribution in [2.24, 2.45) is 5.92 Å². The lowest BCUT2D eigenvalue weighted by molar-refractivity contribution is 0.405. The number of hydrogen-bond acceptors (Lipinski definition) is 5. The highest BCUT2D eigenvalue weighted by atomic mass is 32.1. The van der Waals surface area contributed by atoms with E-state index in [2.05, 4.69) is 39.9 Å². The normalized spacial score (nSPS) is 14.4. The first-order chi connectivity index (χ1) is 18.9. The molecule has 1 aliphatic rings. The fourth-order valence-electron chi connectivity index (χ4n) is 5.32. The summed E-state index contributed by atoms with van der Waals surface area (Å²) in [5.41, 5.74) is 13.8. The van der Waals surface area contributed by atoms with Crippen LogP contribution in [-0.4, -0.2) is 15.0 Å². The number of rotatable bonds is 9. The van der Waals surface area contributed by atoms with Gasteiger partial charge in [-0.25, -0.2) is 9.37 Å². The molecule has 0 amide bonds. The van der Waals surface area contributed by atoms with Crippen molar-refractivity contribution in [2.75, 3.05) is 11.1 Å². The van der Waals surface area contributed by atoms with Gasteiger partial charge in [-0.1, -0.05) is 44.6 Å². The number of nitrogens with two attached hydrogens (primary N) is 1. The van der Waals surface area contributed by atoms with Crippen molar-refractivity contribution in [3.63, 3.8) is 0 Å². The number of anilines is 2. The average Bonchev–Trinajstić information content (AvgIpc) is 3.60. The van der Waals surface area contributed by atoms with Gasteiger partial charge in [0.2, 0.25) is 0 Å². The van der Waals surface area contributed by atoms with Crippen LogP contribution in [0.4, 0.5) is 15.8 Å². The summed E-state index contributed by atoms with van der Waals surface area (Å²) in [7, 11) is 0. The van der Waals surface area contributed by atoms with Crippen molar-refractivity contribution in [1.29, 1.82) is 0 Å². The molecule has 0 saturated heterocycles. The van der Waals surface area contributed by atoms with Crippen LogP contribution < -0.4 is 11.1 Å². The highest BCUT2D eigenvalue weighted by Gasteiger charge is 2.20. The quantitative estimate of drug-likeness (QED) is 0.148. The smallest absolute Gasteiger partial charge is 0.136 e. The minimum absolute atomic E-state index is 0.237. The number of nitrogen functional groups attached to an aromatic ring is 1. The van der Waals surface area contributed by atoms with Crippen LogP contribution in [0.25, 0.3) is 16.7 Å². The van der Waals surface area contributed by atoms with Gasteiger partial charge in [-0.3, -0.25) is 4.98 Å². The Balaban J connectivity index is 1.41. The molecule has 0 unspecified atom stereocenters. The monoisotopic (exact) mass is 539 g/mol. The number of imidazole rings is 1. The predicted octanol–water partition coefficient (Wildman–Crippen LogP) is 8.28. The molecule has 5 nitrogen and oxygen atoms in total. The lowest BCUT2D eigenvalue weighted by Gasteiger charge is -2.24. The number of allylic oxidation sites excluding steroid dienone is 3. The zero-order valence-electron chi connectivity index (χ0n) is 22.3. The van der Waals surface area contributed by atoms with Crippen molar-refractivity contribution in [3.05, 3.63) is 113 Å². The third-order valence-electron chi connectivity index (χ3n) is 7.38. The maximum Gasteiger partial charge on any atom is 0.136 e. The van der Waals surface area contributed by atoms with Crippen molar-refractivity contribution < 1.29 is 4.39 Å². The molecule has 1 aliphatic carbocycles. The zero-order chi connectivity index (χ0) is 27.4. The van der Waals surface area contributed by atoms with Crippen molar-refractivity contribution >= 4 is 28.3 Å². The van der Waals surface area contributed by atoms with Crippen LogP contribution in [0, 0.1) is 18.7 Å². The molecule has 1 saturated carbocycles. The molecule has 3 aromatic heterocycles. The molecule has 0 atom stereocenters. The van der Waals surface area contributed by atoms with E-state index in [0.717, 1.165) is 46.8 Å². The maximum atomic E-state index is 16.0. The van der Waals surface area contributed by atoms with E-state index in [1.54, 1.807) is 41.9 Å². The van der Waals surface area contributed by atoms with Gasteiger partial charge < -0.3 is 16.0 Å². The summed E-state index contributed by atoms with van der Waals surface area (Å²) >= 11 is 1.62. The molecule has 1 aromatic carbocycles. The van der Waals surface area contributed by atoms with E-state index in [-0.39, 0.29) is 12.2 Å². The molecule has 3 heterocycles. The van der Waals surface area contributed by atoms with Crippen molar-refractivity contribution in [3.8, 4) is 11.1 Å². The summed E-state index contributed by atoms with van der Waals surface area (Å²) in [5, 5.41) is 7.52. The number of pyridine rings is 1. The molecule has 7 heteroatoms. The Kier molecular flexibility index (Phi) is 8.07. The van der Waals surface area contributed by atoms with Crippen LogP contribution in [-0.2, 0) is 6.42 Å². The second kappa shape index (κ2) is 11.8. The number of nitrogens with one attached hydrogen (secondary N) is 2. The number of nitrogens with zero attached hydrogens (tertiary/aromatic N) is 2. The van der Waals surface area contributed by atoms with Crippen LogP contribution in [0.15, 0.2) is 78.4 Å². The Morgan fingerprint density at radius 1 is 1.23 bits per heavy atom. The second-order valence-electron chi connectivity index (χ2n) is 10.1. The van der Waals surface area contributed by atoms with Crippen molar-refractivity contribution in [1.82, 2.24) is 15.0 Å². The summed E-state index contributed by atoms with van der Waals surface area (Å²) in [6.45, 7) is 10.1. The van der Waals surface area contributed by atoms with Gasteiger partial charge in [-0.05, 0) is 66.3 Å². The number of aromatic amines is 1. The molecule has 0 aliphatic heterocycles. The van der Waals surface area contributed by atoms with Gasteiger partial charge >= 0.3 is 0 Å². The first-order valence-electron chi connectivity index (χ1n) is 13.3. The lowest BCUT2D eigenvalue weighted by atomic mass is 9.87. The van der Waals surface area contributed by atoms with E-state index in [0.29, 0.717) is 34.1 Å². The molecule has 1 fully saturated rings. The molecule has 4 aromatic rings. The van der Waals surface area contributed by atoms with Gasteiger partial charge in [0.15, 0.2) is 0 Å².